The molecular weight excluding hydrogens is 294 g/mol. The van der Waals surface area contributed by atoms with Gasteiger partial charge in [-0.25, -0.2) is 0 Å². The highest BCUT2D eigenvalue weighted by atomic mass is 16.5. The van der Waals surface area contributed by atoms with Gasteiger partial charge in [0.2, 0.25) is 5.91 Å². The maximum absolute atomic E-state index is 11.8. The first kappa shape index (κ1) is 16.7. The van der Waals surface area contributed by atoms with Crippen molar-refractivity contribution in [1.82, 2.24) is 5.32 Å². The molecule has 0 bridgehead atoms. The summed E-state index contributed by atoms with van der Waals surface area (Å²) in [6.45, 7) is 0.526. The number of rotatable bonds is 6. The van der Waals surface area contributed by atoms with E-state index in [0.29, 0.717) is 25.1 Å². The van der Waals surface area contributed by atoms with Crippen LogP contribution in [0, 0.1) is 5.92 Å². The highest BCUT2D eigenvalue weighted by Gasteiger charge is 2.14. The molecule has 0 radical (unpaired) electrons. The molecule has 23 heavy (non-hydrogen) atoms. The third-order valence-corrected chi connectivity index (χ3v) is 3.60. The average molecular weight is 315 g/mol. The van der Waals surface area contributed by atoms with E-state index in [0.717, 1.165) is 5.56 Å². The van der Waals surface area contributed by atoms with Crippen molar-refractivity contribution < 1.29 is 19.7 Å². The summed E-state index contributed by atoms with van der Waals surface area (Å²) in [5, 5.41) is 21.6. The van der Waals surface area contributed by atoms with E-state index < -0.39 is 0 Å². The Morgan fingerprint density at radius 1 is 1.35 bits per heavy atom. The molecule has 2 rings (SSSR count). The highest BCUT2D eigenvalue weighted by Crippen LogP contribution is 2.23. The summed E-state index contributed by atoms with van der Waals surface area (Å²) in [5.41, 5.74) is 1.05. The van der Waals surface area contributed by atoms with Crippen molar-refractivity contribution in [3.63, 3.8) is 0 Å². The molecule has 1 unspecified atom stereocenters. The largest absolute Gasteiger partial charge is 0.508 e. The lowest BCUT2D eigenvalue weighted by atomic mass is 9.98. The Morgan fingerprint density at radius 3 is 2.78 bits per heavy atom. The first-order valence-electron chi connectivity index (χ1n) is 7.46. The molecule has 1 aliphatic rings. The van der Waals surface area contributed by atoms with E-state index in [-0.39, 0.29) is 23.3 Å². The number of aromatic hydroxyl groups is 1. The van der Waals surface area contributed by atoms with Crippen LogP contribution in [0.25, 0.3) is 0 Å². The summed E-state index contributed by atoms with van der Waals surface area (Å²) in [6, 6.07) is 6.91. The van der Waals surface area contributed by atoms with Crippen LogP contribution in [0.5, 0.6) is 5.75 Å². The van der Waals surface area contributed by atoms with Crippen molar-refractivity contribution in [3.05, 3.63) is 65.7 Å². The molecule has 1 amide bonds. The van der Waals surface area contributed by atoms with E-state index in [1.807, 2.05) is 18.2 Å². The Kier molecular flexibility index (Phi) is 5.86. The van der Waals surface area contributed by atoms with Gasteiger partial charge in [-0.2, -0.15) is 0 Å². The lowest BCUT2D eigenvalue weighted by Gasteiger charge is -2.16. The van der Waals surface area contributed by atoms with Crippen molar-refractivity contribution >= 4 is 5.91 Å². The second-order valence-corrected chi connectivity index (χ2v) is 5.31. The summed E-state index contributed by atoms with van der Waals surface area (Å²) < 4.78 is 5.09. The number of nitrogens with one attached hydrogen (secondary N) is 1. The summed E-state index contributed by atoms with van der Waals surface area (Å²) in [6.07, 6.45) is 7.95. The average Bonchev–Trinajstić information content (AvgIpc) is 2.56. The molecule has 0 aromatic heterocycles. The summed E-state index contributed by atoms with van der Waals surface area (Å²) in [7, 11) is 1.52. The van der Waals surface area contributed by atoms with Crippen LogP contribution in [0.4, 0.5) is 0 Å². The van der Waals surface area contributed by atoms with Crippen LogP contribution in [0.2, 0.25) is 0 Å². The number of amides is 1. The maximum Gasteiger partial charge on any atom is 0.243 e. The molecule has 5 nitrogen and oxygen atoms in total. The molecule has 1 aromatic rings. The minimum absolute atomic E-state index is 0.0312. The van der Waals surface area contributed by atoms with Crippen LogP contribution >= 0.6 is 0 Å². The molecule has 0 saturated heterocycles. The van der Waals surface area contributed by atoms with Gasteiger partial charge in [0.25, 0.3) is 0 Å². The number of methoxy groups -OCH3 is 1. The molecule has 122 valence electrons. The topological polar surface area (TPSA) is 78.8 Å². The quantitative estimate of drug-likeness (QED) is 0.705. The fraction of sp³-hybridized carbons (Fsp3) is 0.278. The van der Waals surface area contributed by atoms with Gasteiger partial charge in [-0.05, 0) is 36.3 Å². The molecule has 1 aliphatic carbocycles. The fourth-order valence-electron chi connectivity index (χ4n) is 2.28. The van der Waals surface area contributed by atoms with Gasteiger partial charge in [-0.1, -0.05) is 24.3 Å². The van der Waals surface area contributed by atoms with Gasteiger partial charge in [0.15, 0.2) is 5.76 Å². The number of ether oxygens (including phenoxy) is 1. The molecule has 0 saturated carbocycles. The molecule has 3 N–H and O–H groups in total. The maximum atomic E-state index is 11.8. The molecule has 1 atom stereocenters. The predicted molar refractivity (Wildman–Crippen MR) is 87.9 cm³/mol. The Bertz CT molecular complexity index is 629. The van der Waals surface area contributed by atoms with Gasteiger partial charge in [-0.3, -0.25) is 4.79 Å². The molecule has 1 aromatic carbocycles. The number of phenols is 1. The monoisotopic (exact) mass is 315 g/mol. The predicted octanol–water partition coefficient (Wildman–Crippen LogP) is 2.60. The van der Waals surface area contributed by atoms with Gasteiger partial charge >= 0.3 is 0 Å². The summed E-state index contributed by atoms with van der Waals surface area (Å²) in [5.74, 6) is 0.765. The lowest BCUT2D eigenvalue weighted by molar-refractivity contribution is -0.116. The summed E-state index contributed by atoms with van der Waals surface area (Å²) >= 11 is 0. The van der Waals surface area contributed by atoms with Gasteiger partial charge < -0.3 is 20.3 Å². The van der Waals surface area contributed by atoms with Gasteiger partial charge in [0.1, 0.15) is 11.5 Å². The van der Waals surface area contributed by atoms with Gasteiger partial charge in [0, 0.05) is 18.9 Å². The number of hydrogen-bond acceptors (Lipinski definition) is 4. The van der Waals surface area contributed by atoms with Crippen LogP contribution in [-0.2, 0) is 16.0 Å². The zero-order valence-corrected chi connectivity index (χ0v) is 13.0. The standard InChI is InChI=1S/C18H21NO4/c1-23-17-12-14(4-8-16(17)21)5-9-18(22)19-11-10-13-2-6-15(20)7-3-13/h2-9,14,20-21H,10-12H2,1H3,(H,19,22). The first-order chi connectivity index (χ1) is 11.1. The zero-order chi connectivity index (χ0) is 16.7. The van der Waals surface area contributed by atoms with E-state index in [1.165, 1.54) is 13.2 Å². The number of phenolic OH excluding ortho intramolecular Hbond substituents is 1. The SMILES string of the molecule is COC1=C(O)C=CC(C=CC(=O)NCCc2ccc(O)cc2)C1. The number of carbonyl (C=O) groups is 1. The van der Waals surface area contributed by atoms with E-state index in [2.05, 4.69) is 5.32 Å². The van der Waals surface area contributed by atoms with Crippen molar-refractivity contribution in [1.29, 1.82) is 0 Å². The van der Waals surface area contributed by atoms with Crippen molar-refractivity contribution in [3.8, 4) is 5.75 Å². The van der Waals surface area contributed by atoms with Crippen LogP contribution in [0.3, 0.4) is 0 Å². The Hall–Kier alpha value is -2.69. The first-order valence-corrected chi connectivity index (χ1v) is 7.46. The summed E-state index contributed by atoms with van der Waals surface area (Å²) in [4.78, 5) is 11.8. The number of benzene rings is 1. The molecule has 0 spiro atoms. The van der Waals surface area contributed by atoms with Crippen LogP contribution < -0.4 is 5.32 Å². The Labute approximate surface area is 135 Å². The van der Waals surface area contributed by atoms with Crippen molar-refractivity contribution in [2.45, 2.75) is 12.8 Å². The third-order valence-electron chi connectivity index (χ3n) is 3.60. The highest BCUT2D eigenvalue weighted by molar-refractivity contribution is 5.87. The minimum Gasteiger partial charge on any atom is -0.508 e. The van der Waals surface area contributed by atoms with Gasteiger partial charge in [-0.15, -0.1) is 0 Å². The van der Waals surface area contributed by atoms with Crippen LogP contribution in [0.1, 0.15) is 12.0 Å². The van der Waals surface area contributed by atoms with E-state index in [4.69, 9.17) is 4.74 Å². The molecule has 0 aliphatic heterocycles. The van der Waals surface area contributed by atoms with E-state index >= 15 is 0 Å². The number of carbonyl (C=O) groups excluding carboxylic acids is 1. The van der Waals surface area contributed by atoms with Crippen molar-refractivity contribution in [2.24, 2.45) is 5.92 Å². The fourth-order valence-corrected chi connectivity index (χ4v) is 2.28. The molecule has 0 heterocycles. The van der Waals surface area contributed by atoms with E-state index in [9.17, 15) is 15.0 Å². The van der Waals surface area contributed by atoms with Gasteiger partial charge in [0.05, 0.1) is 7.11 Å². The smallest absolute Gasteiger partial charge is 0.243 e. The third kappa shape index (κ3) is 5.21. The lowest BCUT2D eigenvalue weighted by Crippen LogP contribution is -2.23. The molecule has 0 fully saturated rings. The number of aliphatic hydroxyl groups is 1. The number of allylic oxidation sites excluding steroid dienone is 4. The minimum atomic E-state index is -0.157. The van der Waals surface area contributed by atoms with Crippen LogP contribution in [0.15, 0.2) is 60.1 Å². The second kappa shape index (κ2) is 8.08. The number of aliphatic hydroxyl groups excluding tert-OH is 1. The van der Waals surface area contributed by atoms with Crippen molar-refractivity contribution in [2.75, 3.05) is 13.7 Å². The normalized spacial score (nSPS) is 17.5. The Balaban J connectivity index is 1.75. The Morgan fingerprint density at radius 2 is 2.09 bits per heavy atom. The molecular formula is C18H21NO4. The zero-order valence-electron chi connectivity index (χ0n) is 13.0. The number of hydrogen-bond donors (Lipinski definition) is 3. The van der Waals surface area contributed by atoms with E-state index in [1.54, 1.807) is 24.3 Å². The van der Waals surface area contributed by atoms with Crippen LogP contribution in [-0.4, -0.2) is 29.8 Å². The second-order valence-electron chi connectivity index (χ2n) is 5.31. The molecule has 5 heteroatoms.